The predicted molar refractivity (Wildman–Crippen MR) is 111 cm³/mol. The van der Waals surface area contributed by atoms with Crippen molar-refractivity contribution in [2.45, 2.75) is 20.4 Å². The standard InChI is InChI=1S/C22H24FN5O2/c1-5-27(14-16-6-8-17(9-7-16)21(29)26(3)4)22(30)20-15(2)28(25-24-20)19-12-10-18(23)11-13-19/h6-13H,5,14H2,1-4H3. The lowest BCUT2D eigenvalue weighted by molar-refractivity contribution is 0.0744. The fourth-order valence-electron chi connectivity index (χ4n) is 3.06. The molecule has 0 saturated carbocycles. The van der Waals surface area contributed by atoms with Crippen molar-refractivity contribution in [1.29, 1.82) is 0 Å². The fourth-order valence-corrected chi connectivity index (χ4v) is 3.06. The number of aromatic nitrogens is 3. The first-order valence-corrected chi connectivity index (χ1v) is 9.60. The van der Waals surface area contributed by atoms with Crippen LogP contribution in [0.5, 0.6) is 0 Å². The fraction of sp³-hybridized carbons (Fsp3) is 0.273. The van der Waals surface area contributed by atoms with Crippen molar-refractivity contribution in [2.24, 2.45) is 0 Å². The quantitative estimate of drug-likeness (QED) is 0.627. The number of carbonyl (C=O) groups is 2. The van der Waals surface area contributed by atoms with Crippen molar-refractivity contribution in [3.8, 4) is 5.69 Å². The van der Waals surface area contributed by atoms with Crippen LogP contribution in [0.1, 0.15) is 39.0 Å². The highest BCUT2D eigenvalue weighted by Gasteiger charge is 2.22. The Labute approximate surface area is 174 Å². The van der Waals surface area contributed by atoms with E-state index in [9.17, 15) is 14.0 Å². The molecule has 1 heterocycles. The van der Waals surface area contributed by atoms with E-state index < -0.39 is 0 Å². The summed E-state index contributed by atoms with van der Waals surface area (Å²) >= 11 is 0. The first-order valence-electron chi connectivity index (χ1n) is 9.60. The third-order valence-corrected chi connectivity index (χ3v) is 4.82. The Kier molecular flexibility index (Phi) is 6.25. The summed E-state index contributed by atoms with van der Waals surface area (Å²) in [7, 11) is 3.41. The van der Waals surface area contributed by atoms with Crippen molar-refractivity contribution in [3.63, 3.8) is 0 Å². The first-order chi connectivity index (χ1) is 14.3. The number of hydrogen-bond acceptors (Lipinski definition) is 4. The first kappa shape index (κ1) is 21.2. The van der Waals surface area contributed by atoms with Crippen molar-refractivity contribution >= 4 is 11.8 Å². The van der Waals surface area contributed by atoms with Crippen molar-refractivity contribution in [3.05, 3.63) is 76.9 Å². The average Bonchev–Trinajstić information content (AvgIpc) is 3.13. The molecule has 8 heteroatoms. The van der Waals surface area contributed by atoms with Gasteiger partial charge >= 0.3 is 0 Å². The lowest BCUT2D eigenvalue weighted by Gasteiger charge is -2.20. The number of hydrogen-bond donors (Lipinski definition) is 0. The van der Waals surface area contributed by atoms with Crippen LogP contribution in [0.15, 0.2) is 48.5 Å². The molecule has 0 saturated heterocycles. The zero-order valence-corrected chi connectivity index (χ0v) is 17.5. The van der Waals surface area contributed by atoms with Gasteiger partial charge in [0.25, 0.3) is 11.8 Å². The van der Waals surface area contributed by atoms with Crippen molar-refractivity contribution in [2.75, 3.05) is 20.6 Å². The topological polar surface area (TPSA) is 71.3 Å². The number of benzene rings is 2. The Morgan fingerprint density at radius 2 is 1.63 bits per heavy atom. The molecule has 0 fully saturated rings. The smallest absolute Gasteiger partial charge is 0.276 e. The largest absolute Gasteiger partial charge is 0.345 e. The Bertz CT molecular complexity index is 1040. The van der Waals surface area contributed by atoms with E-state index in [1.54, 1.807) is 50.2 Å². The summed E-state index contributed by atoms with van der Waals surface area (Å²) < 4.78 is 14.7. The molecular formula is C22H24FN5O2. The molecule has 0 bridgehead atoms. The second-order valence-electron chi connectivity index (χ2n) is 7.13. The molecule has 0 aliphatic carbocycles. The van der Waals surface area contributed by atoms with E-state index in [2.05, 4.69) is 10.3 Å². The molecule has 1 aromatic heterocycles. The van der Waals surface area contributed by atoms with Crippen molar-refractivity contribution < 1.29 is 14.0 Å². The number of nitrogens with zero attached hydrogens (tertiary/aromatic N) is 5. The van der Waals surface area contributed by atoms with E-state index in [0.717, 1.165) is 5.56 Å². The van der Waals surface area contributed by atoms with Crippen LogP contribution in [0.2, 0.25) is 0 Å². The molecule has 0 radical (unpaired) electrons. The van der Waals surface area contributed by atoms with Crippen LogP contribution in [0, 0.1) is 12.7 Å². The van der Waals surface area contributed by atoms with Gasteiger partial charge in [-0.1, -0.05) is 17.3 Å². The van der Waals surface area contributed by atoms with Gasteiger partial charge in [-0.05, 0) is 55.8 Å². The monoisotopic (exact) mass is 409 g/mol. The van der Waals surface area contributed by atoms with E-state index in [0.29, 0.717) is 30.0 Å². The molecule has 0 aliphatic heterocycles. The van der Waals surface area contributed by atoms with Gasteiger partial charge in [0.05, 0.1) is 11.4 Å². The molecule has 2 amide bonds. The highest BCUT2D eigenvalue weighted by atomic mass is 19.1. The summed E-state index contributed by atoms with van der Waals surface area (Å²) in [4.78, 5) is 28.3. The van der Waals surface area contributed by atoms with Gasteiger partial charge in [-0.3, -0.25) is 9.59 Å². The van der Waals surface area contributed by atoms with Gasteiger partial charge in [0.1, 0.15) is 5.82 Å². The van der Waals surface area contributed by atoms with E-state index in [-0.39, 0.29) is 23.3 Å². The molecule has 0 N–H and O–H groups in total. The summed E-state index contributed by atoms with van der Waals surface area (Å²) in [6.07, 6.45) is 0. The van der Waals surface area contributed by atoms with Crippen LogP contribution in [0.3, 0.4) is 0 Å². The average molecular weight is 409 g/mol. The summed E-state index contributed by atoms with van der Waals surface area (Å²) in [5.41, 5.74) is 2.96. The molecule has 3 rings (SSSR count). The van der Waals surface area contributed by atoms with Gasteiger partial charge in [0.2, 0.25) is 0 Å². The van der Waals surface area contributed by atoms with E-state index in [1.807, 2.05) is 19.1 Å². The van der Waals surface area contributed by atoms with E-state index in [4.69, 9.17) is 0 Å². The molecule has 30 heavy (non-hydrogen) atoms. The van der Waals surface area contributed by atoms with Gasteiger partial charge in [-0.15, -0.1) is 5.10 Å². The normalized spacial score (nSPS) is 10.7. The Hall–Kier alpha value is -3.55. The maximum absolute atomic E-state index is 13.2. The van der Waals surface area contributed by atoms with Gasteiger partial charge in [0, 0.05) is 32.7 Å². The minimum absolute atomic E-state index is 0.0713. The summed E-state index contributed by atoms with van der Waals surface area (Å²) in [5.74, 6) is -0.655. The molecule has 3 aromatic rings. The SMILES string of the molecule is CCN(Cc1ccc(C(=O)N(C)C)cc1)C(=O)c1nnn(-c2ccc(F)cc2)c1C. The number of rotatable bonds is 6. The molecule has 0 spiro atoms. The zero-order valence-electron chi connectivity index (χ0n) is 17.5. The van der Waals surface area contributed by atoms with Gasteiger partial charge in [-0.2, -0.15) is 0 Å². The third kappa shape index (κ3) is 4.37. The predicted octanol–water partition coefficient (Wildman–Crippen LogP) is 3.08. The summed E-state index contributed by atoms with van der Waals surface area (Å²) in [6.45, 7) is 4.52. The molecule has 7 nitrogen and oxygen atoms in total. The Morgan fingerprint density at radius 3 is 2.20 bits per heavy atom. The Morgan fingerprint density at radius 1 is 1.00 bits per heavy atom. The van der Waals surface area contributed by atoms with Crippen molar-refractivity contribution in [1.82, 2.24) is 24.8 Å². The second kappa shape index (κ2) is 8.86. The van der Waals surface area contributed by atoms with Gasteiger partial charge < -0.3 is 9.80 Å². The third-order valence-electron chi connectivity index (χ3n) is 4.82. The van der Waals surface area contributed by atoms with Crippen LogP contribution in [-0.2, 0) is 6.54 Å². The van der Waals surface area contributed by atoms with E-state index >= 15 is 0 Å². The summed E-state index contributed by atoms with van der Waals surface area (Å²) in [5, 5.41) is 8.12. The molecule has 0 aliphatic rings. The minimum Gasteiger partial charge on any atom is -0.345 e. The van der Waals surface area contributed by atoms with Crippen LogP contribution in [0.25, 0.3) is 5.69 Å². The van der Waals surface area contributed by atoms with Gasteiger partial charge in [-0.25, -0.2) is 9.07 Å². The number of amides is 2. The highest BCUT2D eigenvalue weighted by Crippen LogP contribution is 2.16. The zero-order chi connectivity index (χ0) is 21.8. The highest BCUT2D eigenvalue weighted by molar-refractivity contribution is 5.94. The van der Waals surface area contributed by atoms with Crippen LogP contribution in [-0.4, -0.2) is 57.2 Å². The van der Waals surface area contributed by atoms with Gasteiger partial charge in [0.15, 0.2) is 5.69 Å². The van der Waals surface area contributed by atoms with Crippen LogP contribution < -0.4 is 0 Å². The second-order valence-corrected chi connectivity index (χ2v) is 7.13. The number of halogens is 1. The van der Waals surface area contributed by atoms with E-state index in [1.165, 1.54) is 21.7 Å². The molecule has 2 aromatic carbocycles. The maximum Gasteiger partial charge on any atom is 0.276 e. The summed E-state index contributed by atoms with van der Waals surface area (Å²) in [6, 6.07) is 13.0. The Balaban J connectivity index is 1.78. The minimum atomic E-state index is -0.344. The van der Waals surface area contributed by atoms with Crippen LogP contribution in [0.4, 0.5) is 4.39 Å². The lowest BCUT2D eigenvalue weighted by atomic mass is 10.1. The van der Waals surface area contributed by atoms with Crippen LogP contribution >= 0.6 is 0 Å². The number of carbonyl (C=O) groups excluding carboxylic acids is 2. The molecule has 0 atom stereocenters. The lowest BCUT2D eigenvalue weighted by Crippen LogP contribution is -2.31. The molecule has 0 unspecified atom stereocenters. The molecule has 156 valence electrons. The maximum atomic E-state index is 13.2. The molecular weight excluding hydrogens is 385 g/mol.